The average molecular weight is 291 g/mol. The number of fused-ring (bicyclic) bond motifs is 1. The third-order valence-electron chi connectivity index (χ3n) is 3.71. The summed E-state index contributed by atoms with van der Waals surface area (Å²) in [6, 6.07) is 6.46. The molecule has 0 saturated heterocycles. The third kappa shape index (κ3) is 3.81. The van der Waals surface area contributed by atoms with Gasteiger partial charge in [0.15, 0.2) is 0 Å². The molecule has 0 heterocycles. The fourth-order valence-corrected chi connectivity index (χ4v) is 2.59. The summed E-state index contributed by atoms with van der Waals surface area (Å²) in [5.74, 6) is -3.28. The average Bonchev–Trinajstić information content (AvgIpc) is 2.45. The fourth-order valence-electron chi connectivity index (χ4n) is 2.59. The maximum Gasteiger partial charge on any atom is 0.326 e. The molecule has 0 radical (unpaired) electrons. The number of aryl methyl sites for hydroxylation is 1. The standard InChI is InChI=1S/C15H17NO5/c17-13(18)8-12(15(20)21)16-14(19)11-6-5-9-3-1-2-4-10(9)7-11/h1-4,11-12H,5-8H2,(H,16,19)(H,17,18)(H,20,21)/t11?,12-/m0/s1. The Balaban J connectivity index is 2.01. The van der Waals surface area contributed by atoms with Gasteiger partial charge in [-0.15, -0.1) is 0 Å². The van der Waals surface area contributed by atoms with Crippen LogP contribution in [0.5, 0.6) is 0 Å². The van der Waals surface area contributed by atoms with E-state index in [9.17, 15) is 14.4 Å². The molecule has 0 aromatic heterocycles. The fraction of sp³-hybridized carbons (Fsp3) is 0.400. The predicted octanol–water partition coefficient (Wildman–Crippen LogP) is 0.836. The lowest BCUT2D eigenvalue weighted by Crippen LogP contribution is -2.45. The van der Waals surface area contributed by atoms with Crippen molar-refractivity contribution in [2.24, 2.45) is 5.92 Å². The third-order valence-corrected chi connectivity index (χ3v) is 3.71. The van der Waals surface area contributed by atoms with E-state index in [-0.39, 0.29) is 5.92 Å². The molecule has 0 aliphatic heterocycles. The number of hydrogen-bond acceptors (Lipinski definition) is 3. The van der Waals surface area contributed by atoms with Crippen LogP contribution in [0.4, 0.5) is 0 Å². The maximum atomic E-state index is 12.1. The van der Waals surface area contributed by atoms with E-state index in [1.165, 1.54) is 5.56 Å². The van der Waals surface area contributed by atoms with Crippen LogP contribution < -0.4 is 5.32 Å². The summed E-state index contributed by atoms with van der Waals surface area (Å²) >= 11 is 0. The molecule has 3 N–H and O–H groups in total. The van der Waals surface area contributed by atoms with Crippen molar-refractivity contribution in [1.82, 2.24) is 5.32 Å². The van der Waals surface area contributed by atoms with Crippen LogP contribution in [0.25, 0.3) is 0 Å². The highest BCUT2D eigenvalue weighted by Crippen LogP contribution is 2.25. The summed E-state index contributed by atoms with van der Waals surface area (Å²) in [5.41, 5.74) is 2.30. The summed E-state index contributed by atoms with van der Waals surface area (Å²) < 4.78 is 0. The van der Waals surface area contributed by atoms with Crippen LogP contribution in [0, 0.1) is 5.92 Å². The van der Waals surface area contributed by atoms with Crippen molar-refractivity contribution in [3.8, 4) is 0 Å². The van der Waals surface area contributed by atoms with Crippen LogP contribution in [0.1, 0.15) is 24.0 Å². The molecular formula is C15H17NO5. The molecule has 1 aromatic carbocycles. The molecule has 1 aromatic rings. The molecule has 1 amide bonds. The van der Waals surface area contributed by atoms with Crippen LogP contribution in [0.3, 0.4) is 0 Å². The van der Waals surface area contributed by atoms with Gasteiger partial charge in [0.2, 0.25) is 5.91 Å². The van der Waals surface area contributed by atoms with Gasteiger partial charge in [-0.1, -0.05) is 24.3 Å². The lowest BCUT2D eigenvalue weighted by molar-refractivity contribution is -0.147. The minimum absolute atomic E-state index is 0.310. The van der Waals surface area contributed by atoms with Gasteiger partial charge >= 0.3 is 11.9 Å². The zero-order chi connectivity index (χ0) is 15.4. The summed E-state index contributed by atoms with van der Waals surface area (Å²) in [4.78, 5) is 33.7. The minimum Gasteiger partial charge on any atom is -0.481 e. The second kappa shape index (κ2) is 6.39. The Hall–Kier alpha value is -2.37. The molecule has 0 saturated carbocycles. The van der Waals surface area contributed by atoms with Crippen molar-refractivity contribution >= 4 is 17.8 Å². The molecule has 0 bridgehead atoms. The molecule has 1 aliphatic carbocycles. The smallest absolute Gasteiger partial charge is 0.326 e. The number of benzene rings is 1. The molecular weight excluding hydrogens is 274 g/mol. The van der Waals surface area contributed by atoms with Gasteiger partial charge in [-0.2, -0.15) is 0 Å². The van der Waals surface area contributed by atoms with Crippen LogP contribution in [0.15, 0.2) is 24.3 Å². The lowest BCUT2D eigenvalue weighted by Gasteiger charge is -2.25. The number of amides is 1. The largest absolute Gasteiger partial charge is 0.481 e. The van der Waals surface area contributed by atoms with E-state index in [0.717, 1.165) is 12.0 Å². The SMILES string of the molecule is O=C(O)C[C@H](NC(=O)C1CCc2ccccc2C1)C(=O)O. The van der Waals surface area contributed by atoms with Crippen LogP contribution in [-0.2, 0) is 27.2 Å². The second-order valence-electron chi connectivity index (χ2n) is 5.21. The van der Waals surface area contributed by atoms with E-state index in [4.69, 9.17) is 10.2 Å². The van der Waals surface area contributed by atoms with Gasteiger partial charge in [-0.25, -0.2) is 4.79 Å². The van der Waals surface area contributed by atoms with E-state index in [0.29, 0.717) is 12.8 Å². The van der Waals surface area contributed by atoms with Crippen LogP contribution >= 0.6 is 0 Å². The molecule has 0 spiro atoms. The molecule has 6 nitrogen and oxygen atoms in total. The Morgan fingerprint density at radius 1 is 1.19 bits per heavy atom. The molecule has 21 heavy (non-hydrogen) atoms. The van der Waals surface area contributed by atoms with Crippen molar-refractivity contribution in [3.05, 3.63) is 35.4 Å². The summed E-state index contributed by atoms with van der Waals surface area (Å²) in [6.07, 6.45) is 1.35. The zero-order valence-corrected chi connectivity index (χ0v) is 11.4. The van der Waals surface area contributed by atoms with Crippen molar-refractivity contribution in [3.63, 3.8) is 0 Å². The monoisotopic (exact) mass is 291 g/mol. The minimum atomic E-state index is -1.38. The van der Waals surface area contributed by atoms with E-state index in [1.807, 2.05) is 24.3 Å². The quantitative estimate of drug-likeness (QED) is 0.745. The van der Waals surface area contributed by atoms with Crippen LogP contribution in [-0.4, -0.2) is 34.1 Å². The van der Waals surface area contributed by atoms with Crippen LogP contribution in [0.2, 0.25) is 0 Å². The Labute approximate surface area is 121 Å². The highest BCUT2D eigenvalue weighted by Gasteiger charge is 2.29. The van der Waals surface area contributed by atoms with Gasteiger partial charge in [-0.05, 0) is 30.4 Å². The molecule has 6 heteroatoms. The van der Waals surface area contributed by atoms with E-state index in [1.54, 1.807) is 0 Å². The number of nitrogens with one attached hydrogen (secondary N) is 1. The topological polar surface area (TPSA) is 104 Å². The molecule has 112 valence electrons. The van der Waals surface area contributed by atoms with Gasteiger partial charge in [0.1, 0.15) is 6.04 Å². The van der Waals surface area contributed by atoms with Crippen molar-refractivity contribution in [2.45, 2.75) is 31.7 Å². The van der Waals surface area contributed by atoms with E-state index in [2.05, 4.69) is 5.32 Å². The predicted molar refractivity (Wildman–Crippen MR) is 73.8 cm³/mol. The number of aliphatic carboxylic acids is 2. The number of carbonyl (C=O) groups is 3. The number of hydrogen-bond donors (Lipinski definition) is 3. The first-order chi connectivity index (χ1) is 9.97. The van der Waals surface area contributed by atoms with Gasteiger partial charge in [0.05, 0.1) is 6.42 Å². The number of carboxylic acids is 2. The summed E-state index contributed by atoms with van der Waals surface area (Å²) in [6.45, 7) is 0. The Morgan fingerprint density at radius 3 is 2.48 bits per heavy atom. The maximum absolute atomic E-state index is 12.1. The summed E-state index contributed by atoms with van der Waals surface area (Å²) in [7, 11) is 0. The highest BCUT2D eigenvalue weighted by molar-refractivity contribution is 5.88. The molecule has 0 fully saturated rings. The number of carbonyl (C=O) groups excluding carboxylic acids is 1. The van der Waals surface area contributed by atoms with Gasteiger partial charge in [0, 0.05) is 5.92 Å². The van der Waals surface area contributed by atoms with E-state index >= 15 is 0 Å². The van der Waals surface area contributed by atoms with Crippen molar-refractivity contribution in [2.75, 3.05) is 0 Å². The second-order valence-corrected chi connectivity index (χ2v) is 5.21. The lowest BCUT2D eigenvalue weighted by atomic mass is 9.83. The Morgan fingerprint density at radius 2 is 1.86 bits per heavy atom. The number of carboxylic acid groups (broad SMARTS) is 2. The van der Waals surface area contributed by atoms with Crippen molar-refractivity contribution in [1.29, 1.82) is 0 Å². The first kappa shape index (κ1) is 15.0. The zero-order valence-electron chi connectivity index (χ0n) is 11.4. The Bertz CT molecular complexity index is 569. The van der Waals surface area contributed by atoms with Gasteiger partial charge in [0.25, 0.3) is 0 Å². The van der Waals surface area contributed by atoms with Crippen molar-refractivity contribution < 1.29 is 24.6 Å². The van der Waals surface area contributed by atoms with E-state index < -0.39 is 30.3 Å². The molecule has 1 unspecified atom stereocenters. The number of rotatable bonds is 5. The highest BCUT2D eigenvalue weighted by atomic mass is 16.4. The Kier molecular flexibility index (Phi) is 4.57. The molecule has 2 rings (SSSR count). The normalized spacial score (nSPS) is 18.4. The van der Waals surface area contributed by atoms with Gasteiger partial charge in [-0.3, -0.25) is 9.59 Å². The molecule has 2 atom stereocenters. The molecule has 1 aliphatic rings. The first-order valence-electron chi connectivity index (χ1n) is 6.79. The first-order valence-corrected chi connectivity index (χ1v) is 6.79. The van der Waals surface area contributed by atoms with Gasteiger partial charge < -0.3 is 15.5 Å². The summed E-state index contributed by atoms with van der Waals surface area (Å²) in [5, 5.41) is 19.9.